The van der Waals surface area contributed by atoms with Crippen LogP contribution in [0.3, 0.4) is 0 Å². The lowest BCUT2D eigenvalue weighted by Gasteiger charge is -2.11. The van der Waals surface area contributed by atoms with Gasteiger partial charge in [0.15, 0.2) is 17.5 Å². The van der Waals surface area contributed by atoms with Crippen molar-refractivity contribution < 1.29 is 13.3 Å². The highest BCUT2D eigenvalue weighted by Gasteiger charge is 2.22. The Morgan fingerprint density at radius 1 is 0.250 bits per heavy atom. The standard InChI is InChI=1S/C69H40N4O3/c1-4-15-41(16-5-1)43-29-33-60-55(35-43)51-32-28-46(39-63(51)75-60)68-70-67(42-17-6-2-7-18-42)71-69(72-68)53-23-14-26-62-66(53)56-36-45(30-34-61(56)74-62)54-37-47(40-64-65(54)52-22-11-13-25-59(52)76-64)44-27-31-50-49-21-10-12-24-57(49)73(58(50)38-44)48-19-8-3-9-20-48/h1-40H. The fourth-order valence-corrected chi connectivity index (χ4v) is 11.5. The summed E-state index contributed by atoms with van der Waals surface area (Å²) in [6, 6.07) is 84.6. The highest BCUT2D eigenvalue weighted by molar-refractivity contribution is 6.17. The molecule has 11 aromatic carbocycles. The molecule has 0 aliphatic heterocycles. The van der Waals surface area contributed by atoms with Crippen LogP contribution in [0.25, 0.3) is 161 Å². The zero-order valence-corrected chi connectivity index (χ0v) is 40.6. The van der Waals surface area contributed by atoms with Crippen LogP contribution < -0.4 is 0 Å². The van der Waals surface area contributed by atoms with E-state index in [0.717, 1.165) is 127 Å². The van der Waals surface area contributed by atoms with Crippen molar-refractivity contribution in [3.63, 3.8) is 0 Å². The molecule has 5 heterocycles. The van der Waals surface area contributed by atoms with Gasteiger partial charge in [0.2, 0.25) is 0 Å². The van der Waals surface area contributed by atoms with Crippen LogP contribution >= 0.6 is 0 Å². The van der Waals surface area contributed by atoms with Crippen LogP contribution in [-0.2, 0) is 0 Å². The molecule has 7 nitrogen and oxygen atoms in total. The van der Waals surface area contributed by atoms with Crippen molar-refractivity contribution in [1.29, 1.82) is 0 Å². The molecule has 0 fully saturated rings. The van der Waals surface area contributed by atoms with Gasteiger partial charge < -0.3 is 17.8 Å². The summed E-state index contributed by atoms with van der Waals surface area (Å²) in [6.45, 7) is 0. The second-order valence-electron chi connectivity index (χ2n) is 19.5. The Kier molecular flexibility index (Phi) is 9.20. The van der Waals surface area contributed by atoms with Crippen LogP contribution in [0.2, 0.25) is 0 Å². The highest BCUT2D eigenvalue weighted by Crippen LogP contribution is 2.45. The average molecular weight is 973 g/mol. The van der Waals surface area contributed by atoms with Gasteiger partial charge in [-0.2, -0.15) is 0 Å². The van der Waals surface area contributed by atoms with E-state index in [0.29, 0.717) is 17.5 Å². The van der Waals surface area contributed by atoms with E-state index in [9.17, 15) is 0 Å². The minimum Gasteiger partial charge on any atom is -0.456 e. The first-order chi connectivity index (χ1) is 37.6. The summed E-state index contributed by atoms with van der Waals surface area (Å²) < 4.78 is 22.3. The Morgan fingerprint density at radius 2 is 0.803 bits per heavy atom. The van der Waals surface area contributed by atoms with Crippen molar-refractivity contribution >= 4 is 87.6 Å². The van der Waals surface area contributed by atoms with E-state index in [1.54, 1.807) is 0 Å². The Hall–Kier alpha value is -10.4. The fraction of sp³-hybridized carbons (Fsp3) is 0. The fourth-order valence-electron chi connectivity index (χ4n) is 11.5. The monoisotopic (exact) mass is 972 g/mol. The molecule has 0 radical (unpaired) electrons. The predicted octanol–water partition coefficient (Wildman–Crippen LogP) is 18.7. The summed E-state index contributed by atoms with van der Waals surface area (Å²) in [5.74, 6) is 1.64. The summed E-state index contributed by atoms with van der Waals surface area (Å²) in [6.07, 6.45) is 0. The van der Waals surface area contributed by atoms with Gasteiger partial charge in [0, 0.05) is 65.5 Å². The summed E-state index contributed by atoms with van der Waals surface area (Å²) in [5.41, 5.74) is 17.2. The van der Waals surface area contributed by atoms with Gasteiger partial charge in [-0.15, -0.1) is 0 Å². The average Bonchev–Trinajstić information content (AvgIpc) is 4.27. The van der Waals surface area contributed by atoms with Crippen LogP contribution in [0.15, 0.2) is 256 Å². The Morgan fingerprint density at radius 3 is 1.64 bits per heavy atom. The predicted molar refractivity (Wildman–Crippen MR) is 309 cm³/mol. The van der Waals surface area contributed by atoms with Gasteiger partial charge in [0.25, 0.3) is 0 Å². The first kappa shape index (κ1) is 42.2. The minimum atomic E-state index is 0.535. The van der Waals surface area contributed by atoms with E-state index < -0.39 is 0 Å². The quantitative estimate of drug-likeness (QED) is 0.158. The summed E-state index contributed by atoms with van der Waals surface area (Å²) >= 11 is 0. The molecule has 0 aliphatic rings. The molecule has 0 unspecified atom stereocenters. The van der Waals surface area contributed by atoms with Crippen molar-refractivity contribution in [3.05, 3.63) is 243 Å². The van der Waals surface area contributed by atoms with Crippen LogP contribution in [0.1, 0.15) is 0 Å². The number of nitrogens with zero attached hydrogens (tertiary/aromatic N) is 4. The third-order valence-corrected chi connectivity index (χ3v) is 15.1. The van der Waals surface area contributed by atoms with Gasteiger partial charge in [-0.3, -0.25) is 0 Å². The van der Waals surface area contributed by atoms with Gasteiger partial charge in [0.05, 0.1) is 11.0 Å². The van der Waals surface area contributed by atoms with Gasteiger partial charge in [-0.1, -0.05) is 158 Å². The minimum absolute atomic E-state index is 0.535. The van der Waals surface area contributed by atoms with Gasteiger partial charge in [0.1, 0.15) is 33.5 Å². The Labute approximate surface area is 434 Å². The zero-order chi connectivity index (χ0) is 49.8. The molecule has 354 valence electrons. The maximum atomic E-state index is 6.73. The zero-order valence-electron chi connectivity index (χ0n) is 40.6. The Balaban J connectivity index is 0.867. The molecule has 76 heavy (non-hydrogen) atoms. The van der Waals surface area contributed by atoms with Crippen LogP contribution in [-0.4, -0.2) is 19.5 Å². The van der Waals surface area contributed by atoms with Gasteiger partial charge in [-0.05, 0) is 118 Å². The SMILES string of the molecule is c1ccc(-c2ccc3oc4cc(-c5nc(-c6ccccc6)nc(-c6cccc7oc8ccc(-c9cc(-c%10ccc%11c%12ccccc%12n(-c%12ccccc%12)c%11c%10)cc%10oc%11ccccc%11c9%10)cc8c67)n5)ccc4c3c2)cc1. The van der Waals surface area contributed by atoms with Gasteiger partial charge >= 0.3 is 0 Å². The van der Waals surface area contributed by atoms with Crippen LogP contribution in [0.4, 0.5) is 0 Å². The number of furan rings is 3. The summed E-state index contributed by atoms with van der Waals surface area (Å²) in [4.78, 5) is 15.6. The number of hydrogen-bond acceptors (Lipinski definition) is 6. The van der Waals surface area contributed by atoms with Crippen LogP contribution in [0, 0.1) is 0 Å². The van der Waals surface area contributed by atoms with Crippen molar-refractivity contribution in [2.45, 2.75) is 0 Å². The molecule has 5 aromatic heterocycles. The highest BCUT2D eigenvalue weighted by atomic mass is 16.3. The third-order valence-electron chi connectivity index (χ3n) is 15.1. The normalized spacial score (nSPS) is 11.9. The molecule has 16 rings (SSSR count). The number of hydrogen-bond donors (Lipinski definition) is 0. The van der Waals surface area contributed by atoms with Crippen molar-refractivity contribution in [3.8, 4) is 73.2 Å². The lowest BCUT2D eigenvalue weighted by atomic mass is 9.93. The summed E-state index contributed by atoms with van der Waals surface area (Å²) in [5, 5.41) is 8.48. The van der Waals surface area contributed by atoms with Crippen LogP contribution in [0.5, 0.6) is 0 Å². The van der Waals surface area contributed by atoms with E-state index in [4.69, 9.17) is 28.2 Å². The van der Waals surface area contributed by atoms with E-state index in [2.05, 4.69) is 180 Å². The molecule has 0 amide bonds. The molecule has 0 atom stereocenters. The van der Waals surface area contributed by atoms with E-state index in [1.165, 1.54) is 16.3 Å². The molecule has 0 bridgehead atoms. The second-order valence-corrected chi connectivity index (χ2v) is 19.5. The number of para-hydroxylation sites is 3. The van der Waals surface area contributed by atoms with E-state index in [1.807, 2.05) is 66.7 Å². The summed E-state index contributed by atoms with van der Waals surface area (Å²) in [7, 11) is 0. The molecule has 0 spiro atoms. The number of aromatic nitrogens is 4. The smallest absolute Gasteiger partial charge is 0.164 e. The molecule has 0 saturated carbocycles. The molecular formula is C69H40N4O3. The van der Waals surface area contributed by atoms with Gasteiger partial charge in [-0.25, -0.2) is 15.0 Å². The molecule has 7 heteroatoms. The number of fused-ring (bicyclic) bond motifs is 12. The molecular weight excluding hydrogens is 933 g/mol. The van der Waals surface area contributed by atoms with E-state index >= 15 is 0 Å². The first-order valence-corrected chi connectivity index (χ1v) is 25.5. The topological polar surface area (TPSA) is 83.0 Å². The van der Waals surface area contributed by atoms with E-state index in [-0.39, 0.29) is 0 Å². The largest absolute Gasteiger partial charge is 0.456 e. The first-order valence-electron chi connectivity index (χ1n) is 25.5. The molecule has 0 saturated heterocycles. The van der Waals surface area contributed by atoms with Crippen molar-refractivity contribution in [1.82, 2.24) is 19.5 Å². The maximum Gasteiger partial charge on any atom is 0.164 e. The molecule has 0 N–H and O–H groups in total. The van der Waals surface area contributed by atoms with Crippen molar-refractivity contribution in [2.24, 2.45) is 0 Å². The molecule has 0 aliphatic carbocycles. The second kappa shape index (κ2) is 16.6. The lowest BCUT2D eigenvalue weighted by molar-refractivity contribution is 0.668. The molecule has 16 aromatic rings. The van der Waals surface area contributed by atoms with Crippen molar-refractivity contribution in [2.75, 3.05) is 0 Å². The number of benzene rings is 11. The third kappa shape index (κ3) is 6.66. The number of rotatable bonds is 7. The Bertz CT molecular complexity index is 4990. The maximum absolute atomic E-state index is 6.73. The lowest BCUT2D eigenvalue weighted by Crippen LogP contribution is -2.00.